The van der Waals surface area contributed by atoms with Crippen LogP contribution in [0.4, 0.5) is 0 Å². The normalized spacial score (nSPS) is 11.7. The number of nitrogens with one attached hydrogen (secondary N) is 1. The molecule has 0 heterocycles. The maximum absolute atomic E-state index is 11.2. The number of rotatable bonds is 9. The number of benzene rings is 1. The van der Waals surface area contributed by atoms with Crippen LogP contribution in [0.2, 0.25) is 0 Å². The lowest BCUT2D eigenvalue weighted by Crippen LogP contribution is -2.22. The number of para-hydroxylation sites is 1. The fourth-order valence-corrected chi connectivity index (χ4v) is 2.13. The van der Waals surface area contributed by atoms with Gasteiger partial charge in [-0.05, 0) is 13.0 Å². The lowest BCUT2D eigenvalue weighted by atomic mass is 10.1. The summed E-state index contributed by atoms with van der Waals surface area (Å²) in [4.78, 5) is 0. The van der Waals surface area contributed by atoms with Crippen molar-refractivity contribution in [2.75, 3.05) is 25.2 Å². The van der Waals surface area contributed by atoms with Gasteiger partial charge < -0.3 is 14.8 Å². The maximum atomic E-state index is 11.2. The summed E-state index contributed by atoms with van der Waals surface area (Å²) in [6, 6.07) is 6.04. The minimum absolute atomic E-state index is 0.00942. The van der Waals surface area contributed by atoms with Crippen LogP contribution in [-0.2, 0) is 16.4 Å². The maximum Gasteiger partial charge on any atom is 0.165 e. The zero-order chi connectivity index (χ0) is 15.9. The molecular weight excluding hydrogens is 290 g/mol. The summed E-state index contributed by atoms with van der Waals surface area (Å²) in [5, 5.41) is 3.32. The van der Waals surface area contributed by atoms with E-state index in [2.05, 4.69) is 19.2 Å². The van der Waals surface area contributed by atoms with E-state index >= 15 is 0 Å². The van der Waals surface area contributed by atoms with Crippen molar-refractivity contribution in [1.82, 2.24) is 5.32 Å². The van der Waals surface area contributed by atoms with E-state index in [1.807, 2.05) is 25.1 Å². The minimum atomic E-state index is -3.04. The van der Waals surface area contributed by atoms with Gasteiger partial charge >= 0.3 is 0 Å². The molecule has 0 fully saturated rings. The predicted octanol–water partition coefficient (Wildman–Crippen LogP) is 2.01. The molecule has 1 N–H and O–H groups in total. The van der Waals surface area contributed by atoms with Gasteiger partial charge in [-0.3, -0.25) is 0 Å². The molecule has 0 aliphatic carbocycles. The highest BCUT2D eigenvalue weighted by molar-refractivity contribution is 7.90. The Morgan fingerprint density at radius 3 is 2.52 bits per heavy atom. The molecule has 0 aromatic heterocycles. The Hall–Kier alpha value is -1.27. The molecule has 5 nitrogen and oxygen atoms in total. The summed E-state index contributed by atoms with van der Waals surface area (Å²) >= 11 is 0. The SMILES string of the molecule is CCOc1cccc(CNC(C)C)c1OCCS(C)(=O)=O. The first-order chi connectivity index (χ1) is 9.83. The highest BCUT2D eigenvalue weighted by Gasteiger charge is 2.12. The van der Waals surface area contributed by atoms with Crippen LogP contribution in [0.25, 0.3) is 0 Å². The summed E-state index contributed by atoms with van der Waals surface area (Å²) in [5.41, 5.74) is 0.961. The van der Waals surface area contributed by atoms with Gasteiger partial charge in [0.1, 0.15) is 6.61 Å². The molecule has 0 unspecified atom stereocenters. The first kappa shape index (κ1) is 17.8. The largest absolute Gasteiger partial charge is 0.490 e. The Balaban J connectivity index is 2.88. The first-order valence-corrected chi connectivity index (χ1v) is 9.18. The Morgan fingerprint density at radius 1 is 1.24 bits per heavy atom. The molecule has 1 aromatic carbocycles. The van der Waals surface area contributed by atoms with Gasteiger partial charge in [-0.15, -0.1) is 0 Å². The molecule has 0 atom stereocenters. The zero-order valence-electron chi connectivity index (χ0n) is 13.2. The van der Waals surface area contributed by atoms with Crippen LogP contribution in [0.15, 0.2) is 18.2 Å². The summed E-state index contributed by atoms with van der Waals surface area (Å²) in [5.74, 6) is 1.26. The van der Waals surface area contributed by atoms with Gasteiger partial charge in [0.2, 0.25) is 0 Å². The molecule has 0 amide bonds. The Labute approximate surface area is 127 Å². The number of hydrogen-bond donors (Lipinski definition) is 1. The van der Waals surface area contributed by atoms with Crippen LogP contribution in [0.3, 0.4) is 0 Å². The highest BCUT2D eigenvalue weighted by Crippen LogP contribution is 2.31. The van der Waals surface area contributed by atoms with E-state index in [1.54, 1.807) is 0 Å². The summed E-state index contributed by atoms with van der Waals surface area (Å²) < 4.78 is 33.7. The fourth-order valence-electron chi connectivity index (χ4n) is 1.74. The fraction of sp³-hybridized carbons (Fsp3) is 0.600. The zero-order valence-corrected chi connectivity index (χ0v) is 14.0. The molecular formula is C15H25NO4S. The van der Waals surface area contributed by atoms with Crippen molar-refractivity contribution in [2.45, 2.75) is 33.4 Å². The molecule has 6 heteroatoms. The monoisotopic (exact) mass is 315 g/mol. The Kier molecular flexibility index (Phi) is 6.98. The second-order valence-corrected chi connectivity index (χ2v) is 7.45. The second-order valence-electron chi connectivity index (χ2n) is 5.19. The van der Waals surface area contributed by atoms with Crippen LogP contribution in [0.5, 0.6) is 11.5 Å². The molecule has 0 aliphatic rings. The summed E-state index contributed by atoms with van der Waals surface area (Å²) in [7, 11) is -3.04. The van der Waals surface area contributed by atoms with Crippen LogP contribution in [-0.4, -0.2) is 39.7 Å². The molecule has 0 saturated carbocycles. The molecule has 0 bridgehead atoms. The first-order valence-electron chi connectivity index (χ1n) is 7.12. The molecule has 0 saturated heterocycles. The third-order valence-electron chi connectivity index (χ3n) is 2.76. The van der Waals surface area contributed by atoms with Crippen molar-refractivity contribution in [3.8, 4) is 11.5 Å². The van der Waals surface area contributed by atoms with Crippen LogP contribution < -0.4 is 14.8 Å². The van der Waals surface area contributed by atoms with Gasteiger partial charge in [-0.25, -0.2) is 8.42 Å². The minimum Gasteiger partial charge on any atom is -0.490 e. The molecule has 1 aromatic rings. The summed E-state index contributed by atoms with van der Waals surface area (Å²) in [6.45, 7) is 7.33. The van der Waals surface area contributed by atoms with Crippen molar-refractivity contribution in [3.05, 3.63) is 23.8 Å². The highest BCUT2D eigenvalue weighted by atomic mass is 32.2. The van der Waals surface area contributed by atoms with Crippen molar-refractivity contribution >= 4 is 9.84 Å². The van der Waals surface area contributed by atoms with Gasteiger partial charge in [0, 0.05) is 24.4 Å². The van der Waals surface area contributed by atoms with E-state index < -0.39 is 9.84 Å². The van der Waals surface area contributed by atoms with Gasteiger partial charge in [0.15, 0.2) is 21.3 Å². The number of sulfone groups is 1. The van der Waals surface area contributed by atoms with Gasteiger partial charge in [-0.1, -0.05) is 26.0 Å². The quantitative estimate of drug-likeness (QED) is 0.755. The second kappa shape index (κ2) is 8.24. The number of ether oxygens (including phenoxy) is 2. The average Bonchev–Trinajstić information content (AvgIpc) is 2.37. The van der Waals surface area contributed by atoms with E-state index in [1.165, 1.54) is 6.26 Å². The molecule has 0 spiro atoms. The average molecular weight is 315 g/mol. The molecule has 21 heavy (non-hydrogen) atoms. The Morgan fingerprint density at radius 2 is 1.95 bits per heavy atom. The van der Waals surface area contributed by atoms with E-state index in [-0.39, 0.29) is 12.4 Å². The third-order valence-corrected chi connectivity index (χ3v) is 3.67. The summed E-state index contributed by atoms with van der Waals surface area (Å²) in [6.07, 6.45) is 1.20. The van der Waals surface area contributed by atoms with Crippen molar-refractivity contribution in [2.24, 2.45) is 0 Å². The van der Waals surface area contributed by atoms with Gasteiger partial charge in [0.05, 0.1) is 12.4 Å². The molecule has 1 rings (SSSR count). The number of hydrogen-bond acceptors (Lipinski definition) is 5. The van der Waals surface area contributed by atoms with Crippen molar-refractivity contribution in [1.29, 1.82) is 0 Å². The topological polar surface area (TPSA) is 64.6 Å². The Bertz CT molecular complexity index is 541. The standard InChI is InChI=1S/C15H25NO4S/c1-5-19-14-8-6-7-13(11-16-12(2)3)15(14)20-9-10-21(4,17)18/h6-8,12,16H,5,9-11H2,1-4H3. The van der Waals surface area contributed by atoms with Crippen molar-refractivity contribution < 1.29 is 17.9 Å². The van der Waals surface area contributed by atoms with Crippen molar-refractivity contribution in [3.63, 3.8) is 0 Å². The van der Waals surface area contributed by atoms with Crippen LogP contribution in [0, 0.1) is 0 Å². The third kappa shape index (κ3) is 6.82. The lowest BCUT2D eigenvalue weighted by molar-refractivity contribution is 0.285. The van der Waals surface area contributed by atoms with Gasteiger partial charge in [0.25, 0.3) is 0 Å². The van der Waals surface area contributed by atoms with E-state index in [0.29, 0.717) is 30.7 Å². The van der Waals surface area contributed by atoms with E-state index in [4.69, 9.17) is 9.47 Å². The molecule has 0 aliphatic heterocycles. The van der Waals surface area contributed by atoms with Crippen LogP contribution in [0.1, 0.15) is 26.3 Å². The lowest BCUT2D eigenvalue weighted by Gasteiger charge is -2.17. The van der Waals surface area contributed by atoms with Gasteiger partial charge in [-0.2, -0.15) is 0 Å². The van der Waals surface area contributed by atoms with E-state index in [0.717, 1.165) is 5.56 Å². The smallest absolute Gasteiger partial charge is 0.165 e. The van der Waals surface area contributed by atoms with Crippen LogP contribution >= 0.6 is 0 Å². The molecule has 0 radical (unpaired) electrons. The molecule has 120 valence electrons. The predicted molar refractivity (Wildman–Crippen MR) is 84.8 cm³/mol. The van der Waals surface area contributed by atoms with E-state index in [9.17, 15) is 8.42 Å².